The highest BCUT2D eigenvalue weighted by Gasteiger charge is 2.38. The third-order valence-corrected chi connectivity index (χ3v) is 4.15. The van der Waals surface area contributed by atoms with Gasteiger partial charge < -0.3 is 15.6 Å². The highest BCUT2D eigenvalue weighted by molar-refractivity contribution is 5.51. The first-order valence-electron chi connectivity index (χ1n) is 8.55. The number of benzene rings is 2. The topological polar surface area (TPSA) is 55.5 Å². The summed E-state index contributed by atoms with van der Waals surface area (Å²) < 4.78 is 45.7. The monoisotopic (exact) mass is 367 g/mol. The van der Waals surface area contributed by atoms with Crippen molar-refractivity contribution >= 4 is 0 Å². The van der Waals surface area contributed by atoms with Crippen LogP contribution in [0.4, 0.5) is 13.2 Å². The predicted octanol–water partition coefficient (Wildman–Crippen LogP) is 5.04. The summed E-state index contributed by atoms with van der Waals surface area (Å²) in [4.78, 5) is 0. The molecule has 0 heterocycles. The fourth-order valence-electron chi connectivity index (χ4n) is 2.59. The molecular weight excluding hydrogens is 343 g/mol. The molecule has 0 radical (unpaired) electrons. The van der Waals surface area contributed by atoms with Gasteiger partial charge in [-0.1, -0.05) is 44.2 Å². The Bertz CT molecular complexity index is 725. The molecule has 0 aliphatic carbocycles. The van der Waals surface area contributed by atoms with Gasteiger partial charge in [0.1, 0.15) is 23.7 Å². The van der Waals surface area contributed by atoms with Crippen molar-refractivity contribution in [3.05, 3.63) is 58.7 Å². The largest absolute Gasteiger partial charge is 0.507 e. The SMILES string of the molecule is CC(C)CCc1ccc(OCc2ccc(CN)cc2)c(C(F)(F)F)c1O. The van der Waals surface area contributed by atoms with Crippen LogP contribution in [0.25, 0.3) is 0 Å². The third-order valence-electron chi connectivity index (χ3n) is 4.15. The lowest BCUT2D eigenvalue weighted by Gasteiger charge is -2.18. The zero-order chi connectivity index (χ0) is 19.3. The number of hydrogen-bond donors (Lipinski definition) is 2. The summed E-state index contributed by atoms with van der Waals surface area (Å²) >= 11 is 0. The van der Waals surface area contributed by atoms with Gasteiger partial charge in [0.2, 0.25) is 0 Å². The summed E-state index contributed by atoms with van der Waals surface area (Å²) in [6, 6.07) is 9.90. The molecule has 2 rings (SSSR count). The van der Waals surface area contributed by atoms with E-state index in [9.17, 15) is 18.3 Å². The lowest BCUT2D eigenvalue weighted by molar-refractivity contribution is -0.140. The number of aryl methyl sites for hydroxylation is 1. The van der Waals surface area contributed by atoms with E-state index in [1.807, 2.05) is 13.8 Å². The molecule has 0 aromatic heterocycles. The van der Waals surface area contributed by atoms with Gasteiger partial charge in [0.25, 0.3) is 0 Å². The molecule has 26 heavy (non-hydrogen) atoms. The van der Waals surface area contributed by atoms with Crippen LogP contribution in [-0.2, 0) is 25.7 Å². The molecule has 6 heteroatoms. The Balaban J connectivity index is 2.24. The Kier molecular flexibility index (Phi) is 6.53. The molecule has 0 fully saturated rings. The lowest BCUT2D eigenvalue weighted by Crippen LogP contribution is -2.11. The molecule has 3 nitrogen and oxygen atoms in total. The van der Waals surface area contributed by atoms with Gasteiger partial charge in [-0.15, -0.1) is 0 Å². The van der Waals surface area contributed by atoms with Gasteiger partial charge in [-0.05, 0) is 41.5 Å². The molecule has 2 aromatic carbocycles. The van der Waals surface area contributed by atoms with Crippen molar-refractivity contribution in [3.8, 4) is 11.5 Å². The molecule has 2 aromatic rings. The smallest absolute Gasteiger partial charge is 0.423 e. The van der Waals surface area contributed by atoms with Crippen molar-refractivity contribution in [2.75, 3.05) is 0 Å². The van der Waals surface area contributed by atoms with Crippen LogP contribution in [-0.4, -0.2) is 5.11 Å². The van der Waals surface area contributed by atoms with Gasteiger partial charge in [0, 0.05) is 6.54 Å². The van der Waals surface area contributed by atoms with Crippen molar-refractivity contribution in [3.63, 3.8) is 0 Å². The summed E-state index contributed by atoms with van der Waals surface area (Å²) in [7, 11) is 0. The van der Waals surface area contributed by atoms with Gasteiger partial charge in [0.05, 0.1) is 0 Å². The van der Waals surface area contributed by atoms with Crippen molar-refractivity contribution in [2.24, 2.45) is 11.7 Å². The van der Waals surface area contributed by atoms with Gasteiger partial charge in [-0.3, -0.25) is 0 Å². The fraction of sp³-hybridized carbons (Fsp3) is 0.400. The average Bonchev–Trinajstić information content (AvgIpc) is 2.58. The second-order valence-corrected chi connectivity index (χ2v) is 6.69. The van der Waals surface area contributed by atoms with E-state index in [0.717, 1.165) is 11.1 Å². The summed E-state index contributed by atoms with van der Waals surface area (Å²) in [5.41, 5.74) is 6.34. The van der Waals surface area contributed by atoms with Crippen LogP contribution in [0.15, 0.2) is 36.4 Å². The third kappa shape index (κ3) is 5.14. The van der Waals surface area contributed by atoms with E-state index in [2.05, 4.69) is 0 Å². The molecule has 3 N–H and O–H groups in total. The number of phenolic OH excluding ortho intramolecular Hbond substituents is 1. The molecule has 0 amide bonds. The summed E-state index contributed by atoms with van der Waals surface area (Å²) in [5, 5.41) is 10.2. The van der Waals surface area contributed by atoms with E-state index >= 15 is 0 Å². The number of aromatic hydroxyl groups is 1. The van der Waals surface area contributed by atoms with Gasteiger partial charge in [0.15, 0.2) is 0 Å². The number of rotatable bonds is 7. The summed E-state index contributed by atoms with van der Waals surface area (Å²) in [6.45, 7) is 4.33. The van der Waals surface area contributed by atoms with E-state index in [1.54, 1.807) is 24.3 Å². The number of ether oxygens (including phenoxy) is 1. The quantitative estimate of drug-likeness (QED) is 0.721. The number of hydrogen-bond acceptors (Lipinski definition) is 3. The molecule has 0 aliphatic rings. The Morgan fingerprint density at radius 3 is 2.19 bits per heavy atom. The highest BCUT2D eigenvalue weighted by atomic mass is 19.4. The maximum Gasteiger partial charge on any atom is 0.423 e. The predicted molar refractivity (Wildman–Crippen MR) is 94.9 cm³/mol. The van der Waals surface area contributed by atoms with Crippen molar-refractivity contribution in [1.82, 2.24) is 0 Å². The van der Waals surface area contributed by atoms with Crippen molar-refractivity contribution in [2.45, 2.75) is 46.0 Å². The second kappa shape index (κ2) is 8.45. The van der Waals surface area contributed by atoms with Crippen LogP contribution >= 0.6 is 0 Å². The maximum atomic E-state index is 13.5. The van der Waals surface area contributed by atoms with Crippen LogP contribution in [0.5, 0.6) is 11.5 Å². The highest BCUT2D eigenvalue weighted by Crippen LogP contribution is 2.44. The molecule has 0 bridgehead atoms. The Hall–Kier alpha value is -2.21. The van der Waals surface area contributed by atoms with Crippen LogP contribution in [0.2, 0.25) is 0 Å². The molecule has 0 atom stereocenters. The number of phenols is 1. The zero-order valence-electron chi connectivity index (χ0n) is 14.9. The molecule has 0 spiro atoms. The lowest BCUT2D eigenvalue weighted by atomic mass is 9.99. The molecule has 0 unspecified atom stereocenters. The van der Waals surface area contributed by atoms with Crippen LogP contribution in [0.3, 0.4) is 0 Å². The van der Waals surface area contributed by atoms with Crippen molar-refractivity contribution in [1.29, 1.82) is 0 Å². The minimum Gasteiger partial charge on any atom is -0.507 e. The van der Waals surface area contributed by atoms with E-state index in [4.69, 9.17) is 10.5 Å². The van der Waals surface area contributed by atoms with E-state index in [-0.39, 0.29) is 17.9 Å². The maximum absolute atomic E-state index is 13.5. The first kappa shape index (κ1) is 20.1. The van der Waals surface area contributed by atoms with Gasteiger partial charge >= 0.3 is 6.18 Å². The van der Waals surface area contributed by atoms with Gasteiger partial charge in [-0.25, -0.2) is 0 Å². The molecular formula is C20H24F3NO2. The van der Waals surface area contributed by atoms with Crippen LogP contribution < -0.4 is 10.5 Å². The van der Waals surface area contributed by atoms with E-state index in [1.165, 1.54) is 12.1 Å². The molecule has 0 saturated carbocycles. The van der Waals surface area contributed by atoms with E-state index in [0.29, 0.717) is 25.3 Å². The number of alkyl halides is 3. The van der Waals surface area contributed by atoms with Crippen molar-refractivity contribution < 1.29 is 23.0 Å². The Morgan fingerprint density at radius 2 is 1.65 bits per heavy atom. The summed E-state index contributed by atoms with van der Waals surface area (Å²) in [5.74, 6) is -0.781. The van der Waals surface area contributed by atoms with Crippen LogP contribution in [0.1, 0.15) is 42.5 Å². The number of halogens is 3. The Morgan fingerprint density at radius 1 is 1.04 bits per heavy atom. The first-order valence-corrected chi connectivity index (χ1v) is 8.55. The van der Waals surface area contributed by atoms with Crippen LogP contribution in [0, 0.1) is 5.92 Å². The molecule has 142 valence electrons. The van der Waals surface area contributed by atoms with Gasteiger partial charge in [-0.2, -0.15) is 13.2 Å². The Labute approximate surface area is 151 Å². The first-order chi connectivity index (χ1) is 12.2. The molecule has 0 saturated heterocycles. The standard InChI is InChI=1S/C20H24F3NO2/c1-13(2)3-8-16-9-10-17(18(19(16)25)20(21,22)23)26-12-15-6-4-14(11-24)5-7-15/h4-7,9-10,13,25H,3,8,11-12,24H2,1-2H3. The average molecular weight is 367 g/mol. The fourth-order valence-corrected chi connectivity index (χ4v) is 2.59. The second-order valence-electron chi connectivity index (χ2n) is 6.69. The normalized spacial score (nSPS) is 11.8. The number of nitrogens with two attached hydrogens (primary N) is 1. The zero-order valence-corrected chi connectivity index (χ0v) is 14.9. The molecule has 0 aliphatic heterocycles. The minimum atomic E-state index is -4.70. The van der Waals surface area contributed by atoms with E-state index < -0.39 is 17.5 Å². The summed E-state index contributed by atoms with van der Waals surface area (Å²) in [6.07, 6.45) is -3.62. The minimum absolute atomic E-state index is 0.0291.